The lowest BCUT2D eigenvalue weighted by atomic mass is 10.2. The minimum absolute atomic E-state index is 0.0360. The number of hydrogen-bond donors (Lipinski definition) is 0. The standard InChI is InChI=1S/C22H25N3O3/c1-2-27-21-14-19(15-23)8-9-20(21)28-17-22(26)25-12-10-24(11-13-25)16-18-6-4-3-5-7-18/h3-9,14H,2,10-13,16-17H2,1H3. The lowest BCUT2D eigenvalue weighted by Gasteiger charge is -2.34. The molecule has 1 fully saturated rings. The van der Waals surface area contributed by atoms with Gasteiger partial charge in [0.05, 0.1) is 18.2 Å². The van der Waals surface area contributed by atoms with Crippen molar-refractivity contribution in [3.05, 3.63) is 59.7 Å². The van der Waals surface area contributed by atoms with Crippen molar-refractivity contribution < 1.29 is 14.3 Å². The fourth-order valence-corrected chi connectivity index (χ4v) is 3.19. The summed E-state index contributed by atoms with van der Waals surface area (Å²) < 4.78 is 11.2. The van der Waals surface area contributed by atoms with E-state index in [1.54, 1.807) is 18.2 Å². The zero-order chi connectivity index (χ0) is 19.8. The summed E-state index contributed by atoms with van der Waals surface area (Å²) in [5.41, 5.74) is 1.78. The molecule has 6 nitrogen and oxygen atoms in total. The van der Waals surface area contributed by atoms with Crippen LogP contribution in [-0.2, 0) is 11.3 Å². The summed E-state index contributed by atoms with van der Waals surface area (Å²) in [6, 6.07) is 17.4. The number of piperazine rings is 1. The Labute approximate surface area is 165 Å². The van der Waals surface area contributed by atoms with Crippen molar-refractivity contribution in [3.8, 4) is 17.6 Å². The Kier molecular flexibility index (Phi) is 6.88. The summed E-state index contributed by atoms with van der Waals surface area (Å²) in [6.45, 7) is 6.28. The van der Waals surface area contributed by atoms with Crippen molar-refractivity contribution in [1.82, 2.24) is 9.80 Å². The molecule has 0 unspecified atom stereocenters. The van der Waals surface area contributed by atoms with Crippen LogP contribution in [0.5, 0.6) is 11.5 Å². The predicted molar refractivity (Wildman–Crippen MR) is 106 cm³/mol. The first kappa shape index (κ1) is 19.7. The van der Waals surface area contributed by atoms with Gasteiger partial charge in [-0.2, -0.15) is 5.26 Å². The molecule has 1 aliphatic rings. The van der Waals surface area contributed by atoms with Gasteiger partial charge >= 0.3 is 0 Å². The number of benzene rings is 2. The quantitative estimate of drug-likeness (QED) is 0.740. The fraction of sp³-hybridized carbons (Fsp3) is 0.364. The molecule has 0 radical (unpaired) electrons. The second-order valence-corrected chi connectivity index (χ2v) is 6.64. The summed E-state index contributed by atoms with van der Waals surface area (Å²) in [7, 11) is 0. The molecule has 2 aromatic rings. The van der Waals surface area contributed by atoms with Crippen molar-refractivity contribution in [3.63, 3.8) is 0 Å². The SMILES string of the molecule is CCOc1cc(C#N)ccc1OCC(=O)N1CCN(Cc2ccccc2)CC1. The van der Waals surface area contributed by atoms with E-state index in [4.69, 9.17) is 14.7 Å². The maximum absolute atomic E-state index is 12.5. The molecule has 6 heteroatoms. The highest BCUT2D eigenvalue weighted by Crippen LogP contribution is 2.28. The van der Waals surface area contributed by atoms with Crippen LogP contribution >= 0.6 is 0 Å². The maximum atomic E-state index is 12.5. The van der Waals surface area contributed by atoms with E-state index in [-0.39, 0.29) is 12.5 Å². The van der Waals surface area contributed by atoms with E-state index in [9.17, 15) is 4.79 Å². The lowest BCUT2D eigenvalue weighted by molar-refractivity contribution is -0.135. The summed E-state index contributed by atoms with van der Waals surface area (Å²) >= 11 is 0. The monoisotopic (exact) mass is 379 g/mol. The first-order valence-corrected chi connectivity index (χ1v) is 9.53. The third-order valence-electron chi connectivity index (χ3n) is 4.70. The van der Waals surface area contributed by atoms with E-state index in [0.717, 1.165) is 19.6 Å². The second-order valence-electron chi connectivity index (χ2n) is 6.64. The zero-order valence-corrected chi connectivity index (χ0v) is 16.1. The second kappa shape index (κ2) is 9.77. The van der Waals surface area contributed by atoms with E-state index in [0.29, 0.717) is 36.8 Å². The van der Waals surface area contributed by atoms with Crippen molar-refractivity contribution in [2.24, 2.45) is 0 Å². The van der Waals surface area contributed by atoms with Gasteiger partial charge in [-0.15, -0.1) is 0 Å². The van der Waals surface area contributed by atoms with Gasteiger partial charge in [0.15, 0.2) is 18.1 Å². The molecule has 0 spiro atoms. The summed E-state index contributed by atoms with van der Waals surface area (Å²) in [5, 5.41) is 9.01. The minimum atomic E-state index is -0.0370. The molecule has 1 heterocycles. The highest BCUT2D eigenvalue weighted by molar-refractivity contribution is 5.78. The average Bonchev–Trinajstić information content (AvgIpc) is 2.74. The van der Waals surface area contributed by atoms with Crippen LogP contribution in [0.3, 0.4) is 0 Å². The Balaban J connectivity index is 1.49. The highest BCUT2D eigenvalue weighted by Gasteiger charge is 2.22. The number of carbonyl (C=O) groups is 1. The van der Waals surface area contributed by atoms with Crippen molar-refractivity contribution >= 4 is 5.91 Å². The van der Waals surface area contributed by atoms with Gasteiger partial charge in [0.1, 0.15) is 0 Å². The van der Waals surface area contributed by atoms with Gasteiger partial charge in [0, 0.05) is 38.8 Å². The number of rotatable bonds is 7. The molecule has 0 aromatic heterocycles. The number of ether oxygens (including phenoxy) is 2. The Morgan fingerprint density at radius 1 is 1.04 bits per heavy atom. The Bertz CT molecular complexity index is 825. The topological polar surface area (TPSA) is 65.8 Å². The lowest BCUT2D eigenvalue weighted by Crippen LogP contribution is -2.49. The van der Waals surface area contributed by atoms with Crippen LogP contribution < -0.4 is 9.47 Å². The van der Waals surface area contributed by atoms with E-state index in [1.807, 2.05) is 30.0 Å². The Hall–Kier alpha value is -3.04. The molecule has 1 saturated heterocycles. The van der Waals surface area contributed by atoms with Crippen LogP contribution in [0, 0.1) is 11.3 Å². The van der Waals surface area contributed by atoms with Gasteiger partial charge in [0.2, 0.25) is 0 Å². The smallest absolute Gasteiger partial charge is 0.260 e. The molecule has 0 saturated carbocycles. The predicted octanol–water partition coefficient (Wildman–Crippen LogP) is 2.68. The molecule has 0 bridgehead atoms. The average molecular weight is 379 g/mol. The molecule has 28 heavy (non-hydrogen) atoms. The largest absolute Gasteiger partial charge is 0.490 e. The first-order chi connectivity index (χ1) is 13.7. The number of carbonyl (C=O) groups excluding carboxylic acids is 1. The van der Waals surface area contributed by atoms with E-state index < -0.39 is 0 Å². The number of nitriles is 1. The third kappa shape index (κ3) is 5.24. The van der Waals surface area contributed by atoms with Crippen LogP contribution in [0.1, 0.15) is 18.1 Å². The van der Waals surface area contributed by atoms with Gasteiger partial charge in [-0.1, -0.05) is 30.3 Å². The molecular formula is C22H25N3O3. The number of hydrogen-bond acceptors (Lipinski definition) is 5. The first-order valence-electron chi connectivity index (χ1n) is 9.53. The normalized spacial score (nSPS) is 14.4. The van der Waals surface area contributed by atoms with Crippen LogP contribution in [0.25, 0.3) is 0 Å². The van der Waals surface area contributed by atoms with Gasteiger partial charge in [-0.3, -0.25) is 9.69 Å². The van der Waals surface area contributed by atoms with Crippen molar-refractivity contribution in [1.29, 1.82) is 5.26 Å². The molecule has 0 aliphatic carbocycles. The van der Waals surface area contributed by atoms with E-state index in [1.165, 1.54) is 5.56 Å². The zero-order valence-electron chi connectivity index (χ0n) is 16.1. The molecule has 146 valence electrons. The molecule has 2 aromatic carbocycles. The van der Waals surface area contributed by atoms with Crippen LogP contribution in [0.4, 0.5) is 0 Å². The van der Waals surface area contributed by atoms with Crippen LogP contribution in [-0.4, -0.2) is 55.1 Å². The molecule has 1 amide bonds. The molecule has 0 atom stereocenters. The Morgan fingerprint density at radius 2 is 1.79 bits per heavy atom. The van der Waals surface area contributed by atoms with Crippen LogP contribution in [0.2, 0.25) is 0 Å². The minimum Gasteiger partial charge on any atom is -0.490 e. The van der Waals surface area contributed by atoms with Crippen molar-refractivity contribution in [2.45, 2.75) is 13.5 Å². The van der Waals surface area contributed by atoms with Crippen molar-refractivity contribution in [2.75, 3.05) is 39.4 Å². The molecule has 3 rings (SSSR count). The molecule has 0 N–H and O–H groups in total. The maximum Gasteiger partial charge on any atom is 0.260 e. The summed E-state index contributed by atoms with van der Waals surface area (Å²) in [5.74, 6) is 0.935. The van der Waals surface area contributed by atoms with Gasteiger partial charge in [0.25, 0.3) is 5.91 Å². The molecule has 1 aliphatic heterocycles. The van der Waals surface area contributed by atoms with Crippen LogP contribution in [0.15, 0.2) is 48.5 Å². The summed E-state index contributed by atoms with van der Waals surface area (Å²) in [4.78, 5) is 16.7. The summed E-state index contributed by atoms with van der Waals surface area (Å²) in [6.07, 6.45) is 0. The fourth-order valence-electron chi connectivity index (χ4n) is 3.19. The van der Waals surface area contributed by atoms with Gasteiger partial charge in [-0.25, -0.2) is 0 Å². The number of amides is 1. The van der Waals surface area contributed by atoms with Gasteiger partial charge < -0.3 is 14.4 Å². The Morgan fingerprint density at radius 3 is 2.46 bits per heavy atom. The van der Waals surface area contributed by atoms with E-state index >= 15 is 0 Å². The molecular weight excluding hydrogens is 354 g/mol. The third-order valence-corrected chi connectivity index (χ3v) is 4.70. The highest BCUT2D eigenvalue weighted by atomic mass is 16.5. The van der Waals surface area contributed by atoms with E-state index in [2.05, 4.69) is 23.1 Å². The number of nitrogens with zero attached hydrogens (tertiary/aromatic N) is 3. The van der Waals surface area contributed by atoms with Gasteiger partial charge in [-0.05, 0) is 24.6 Å².